The van der Waals surface area contributed by atoms with Gasteiger partial charge in [-0.1, -0.05) is 31.2 Å². The first-order chi connectivity index (χ1) is 8.06. The van der Waals surface area contributed by atoms with Crippen molar-refractivity contribution in [3.63, 3.8) is 0 Å². The van der Waals surface area contributed by atoms with E-state index in [0.29, 0.717) is 11.8 Å². The van der Waals surface area contributed by atoms with Gasteiger partial charge in [0.15, 0.2) is 0 Å². The van der Waals surface area contributed by atoms with Gasteiger partial charge in [-0.25, -0.2) is 0 Å². The summed E-state index contributed by atoms with van der Waals surface area (Å²) in [4.78, 5) is 0. The Labute approximate surface area is 106 Å². The van der Waals surface area contributed by atoms with Crippen LogP contribution in [0.4, 0.5) is 0 Å². The van der Waals surface area contributed by atoms with Gasteiger partial charge in [0.1, 0.15) is 0 Å². The van der Waals surface area contributed by atoms with Crippen LogP contribution in [0, 0.1) is 11.8 Å². The molecule has 2 aliphatic carbocycles. The van der Waals surface area contributed by atoms with Crippen LogP contribution in [0.3, 0.4) is 0 Å². The first-order valence-electron chi connectivity index (χ1n) is 6.89. The van der Waals surface area contributed by atoms with E-state index >= 15 is 0 Å². The van der Waals surface area contributed by atoms with Crippen LogP contribution in [0.1, 0.15) is 46.0 Å². The van der Waals surface area contributed by atoms with Crippen molar-refractivity contribution in [3.05, 3.63) is 24.3 Å². The van der Waals surface area contributed by atoms with Gasteiger partial charge >= 0.3 is 0 Å². The SMILES string of the molecule is CC1CCC=CC1(C)N.NCC1C=CCCC1. The summed E-state index contributed by atoms with van der Waals surface area (Å²) in [5.74, 6) is 1.33. The summed E-state index contributed by atoms with van der Waals surface area (Å²) in [5.41, 5.74) is 11.3. The number of allylic oxidation sites excluding steroid dienone is 2. The summed E-state index contributed by atoms with van der Waals surface area (Å²) in [6.45, 7) is 5.13. The maximum Gasteiger partial charge on any atom is 0.0336 e. The maximum absolute atomic E-state index is 5.93. The van der Waals surface area contributed by atoms with Crippen molar-refractivity contribution in [2.24, 2.45) is 23.3 Å². The molecule has 2 rings (SSSR count). The van der Waals surface area contributed by atoms with Crippen molar-refractivity contribution in [1.29, 1.82) is 0 Å². The second-order valence-corrected chi connectivity index (χ2v) is 5.60. The molecule has 0 saturated heterocycles. The fourth-order valence-corrected chi connectivity index (χ4v) is 2.24. The Morgan fingerprint density at radius 1 is 1.24 bits per heavy atom. The van der Waals surface area contributed by atoms with Gasteiger partial charge in [-0.3, -0.25) is 0 Å². The first-order valence-corrected chi connectivity index (χ1v) is 6.89. The van der Waals surface area contributed by atoms with Crippen LogP contribution >= 0.6 is 0 Å². The van der Waals surface area contributed by atoms with Crippen LogP contribution in [-0.4, -0.2) is 12.1 Å². The molecule has 2 aliphatic rings. The molecular weight excluding hydrogens is 208 g/mol. The van der Waals surface area contributed by atoms with E-state index in [1.165, 1.54) is 32.1 Å². The Kier molecular flexibility index (Phi) is 5.93. The monoisotopic (exact) mass is 236 g/mol. The highest BCUT2D eigenvalue weighted by atomic mass is 14.7. The normalized spacial score (nSPS) is 36.2. The van der Waals surface area contributed by atoms with Crippen molar-refractivity contribution in [2.75, 3.05) is 6.54 Å². The molecule has 2 heteroatoms. The maximum atomic E-state index is 5.93. The smallest absolute Gasteiger partial charge is 0.0336 e. The van der Waals surface area contributed by atoms with E-state index in [1.54, 1.807) is 0 Å². The Bertz CT molecular complexity index is 266. The number of nitrogens with two attached hydrogens (primary N) is 2. The lowest BCUT2D eigenvalue weighted by Gasteiger charge is -2.31. The van der Waals surface area contributed by atoms with E-state index < -0.39 is 0 Å². The Balaban J connectivity index is 0.000000171. The van der Waals surface area contributed by atoms with Gasteiger partial charge in [0, 0.05) is 5.54 Å². The van der Waals surface area contributed by atoms with E-state index in [2.05, 4.69) is 38.2 Å². The van der Waals surface area contributed by atoms with E-state index in [4.69, 9.17) is 11.5 Å². The zero-order valence-corrected chi connectivity index (χ0v) is 11.4. The average molecular weight is 236 g/mol. The average Bonchev–Trinajstić information content (AvgIpc) is 2.35. The van der Waals surface area contributed by atoms with Gasteiger partial charge in [0.2, 0.25) is 0 Å². The molecule has 3 unspecified atom stereocenters. The molecule has 0 heterocycles. The van der Waals surface area contributed by atoms with Gasteiger partial charge in [0.25, 0.3) is 0 Å². The Morgan fingerprint density at radius 3 is 2.35 bits per heavy atom. The molecule has 4 N–H and O–H groups in total. The third kappa shape index (κ3) is 5.05. The standard InChI is InChI=1S/C8H15N.C7H13N/c1-7-5-3-4-6-8(7,2)9;8-6-7-4-2-1-3-5-7/h4,6-7H,3,5,9H2,1-2H3;2,4,7H,1,3,5-6,8H2. The Morgan fingerprint density at radius 2 is 2.00 bits per heavy atom. The number of rotatable bonds is 1. The highest BCUT2D eigenvalue weighted by molar-refractivity contribution is 5.08. The van der Waals surface area contributed by atoms with Crippen LogP contribution in [0.5, 0.6) is 0 Å². The fourth-order valence-electron chi connectivity index (χ4n) is 2.24. The zero-order chi connectivity index (χ0) is 12.7. The predicted molar refractivity (Wildman–Crippen MR) is 75.7 cm³/mol. The minimum Gasteiger partial charge on any atom is -0.330 e. The molecule has 0 fully saturated rings. The summed E-state index contributed by atoms with van der Waals surface area (Å²) in [7, 11) is 0. The van der Waals surface area contributed by atoms with Gasteiger partial charge in [-0.2, -0.15) is 0 Å². The molecule has 0 aromatic heterocycles. The van der Waals surface area contributed by atoms with Gasteiger partial charge < -0.3 is 11.5 Å². The van der Waals surface area contributed by atoms with Crippen LogP contribution in [0.15, 0.2) is 24.3 Å². The molecule has 0 spiro atoms. The van der Waals surface area contributed by atoms with Crippen molar-refractivity contribution in [3.8, 4) is 0 Å². The minimum atomic E-state index is -0.0434. The largest absolute Gasteiger partial charge is 0.330 e. The lowest BCUT2D eigenvalue weighted by Crippen LogP contribution is -2.42. The molecule has 0 amide bonds. The van der Waals surface area contributed by atoms with Crippen LogP contribution in [0.25, 0.3) is 0 Å². The number of hydrogen-bond acceptors (Lipinski definition) is 2. The molecule has 98 valence electrons. The second-order valence-electron chi connectivity index (χ2n) is 5.60. The number of hydrogen-bond donors (Lipinski definition) is 2. The van der Waals surface area contributed by atoms with Crippen molar-refractivity contribution in [2.45, 2.75) is 51.5 Å². The van der Waals surface area contributed by atoms with Crippen LogP contribution in [0.2, 0.25) is 0 Å². The van der Waals surface area contributed by atoms with Gasteiger partial charge in [-0.05, 0) is 57.4 Å². The molecular formula is C15H28N2. The molecule has 0 saturated carbocycles. The van der Waals surface area contributed by atoms with Crippen molar-refractivity contribution < 1.29 is 0 Å². The molecule has 0 aromatic carbocycles. The zero-order valence-electron chi connectivity index (χ0n) is 11.4. The van der Waals surface area contributed by atoms with Crippen molar-refractivity contribution >= 4 is 0 Å². The molecule has 2 nitrogen and oxygen atoms in total. The van der Waals surface area contributed by atoms with E-state index in [0.717, 1.165) is 6.54 Å². The highest BCUT2D eigenvalue weighted by Gasteiger charge is 2.24. The molecule has 17 heavy (non-hydrogen) atoms. The molecule has 0 aromatic rings. The van der Waals surface area contributed by atoms with Crippen molar-refractivity contribution in [1.82, 2.24) is 0 Å². The van der Waals surface area contributed by atoms with E-state index in [9.17, 15) is 0 Å². The summed E-state index contributed by atoms with van der Waals surface area (Å²) in [6, 6.07) is 0. The third-order valence-corrected chi connectivity index (χ3v) is 3.96. The summed E-state index contributed by atoms with van der Waals surface area (Å²) in [5, 5.41) is 0. The lowest BCUT2D eigenvalue weighted by atomic mass is 9.81. The molecule has 0 radical (unpaired) electrons. The predicted octanol–water partition coefficient (Wildman–Crippen LogP) is 2.99. The minimum absolute atomic E-state index is 0.0434. The molecule has 0 bridgehead atoms. The molecule has 0 aliphatic heterocycles. The lowest BCUT2D eigenvalue weighted by molar-refractivity contribution is 0.351. The summed E-state index contributed by atoms with van der Waals surface area (Å²) < 4.78 is 0. The fraction of sp³-hybridized carbons (Fsp3) is 0.733. The third-order valence-electron chi connectivity index (χ3n) is 3.96. The quantitative estimate of drug-likeness (QED) is 0.688. The summed E-state index contributed by atoms with van der Waals surface area (Å²) >= 11 is 0. The second kappa shape index (κ2) is 6.97. The summed E-state index contributed by atoms with van der Waals surface area (Å²) in [6.07, 6.45) is 15.1. The van der Waals surface area contributed by atoms with Gasteiger partial charge in [-0.15, -0.1) is 0 Å². The van der Waals surface area contributed by atoms with Crippen LogP contribution in [-0.2, 0) is 0 Å². The topological polar surface area (TPSA) is 52.0 Å². The van der Waals surface area contributed by atoms with Crippen LogP contribution < -0.4 is 11.5 Å². The van der Waals surface area contributed by atoms with Gasteiger partial charge in [0.05, 0.1) is 0 Å². The Hall–Kier alpha value is -0.600. The van der Waals surface area contributed by atoms with E-state index in [-0.39, 0.29) is 5.54 Å². The van der Waals surface area contributed by atoms with E-state index in [1.807, 2.05) is 0 Å². The molecule has 3 atom stereocenters. The first kappa shape index (κ1) is 14.5. The highest BCUT2D eigenvalue weighted by Crippen LogP contribution is 2.25.